The third-order valence-corrected chi connectivity index (χ3v) is 3.56. The van der Waals surface area contributed by atoms with Gasteiger partial charge in [-0.3, -0.25) is 4.18 Å². The van der Waals surface area contributed by atoms with Crippen molar-refractivity contribution in [2.45, 2.75) is 45.8 Å². The van der Waals surface area contributed by atoms with Crippen LogP contribution in [-0.2, 0) is 14.3 Å². The van der Waals surface area contributed by atoms with Crippen LogP contribution in [0, 0.1) is 0 Å². The Kier molecular flexibility index (Phi) is 6.98. The molecular weight excluding hydrogens is 292 g/mol. The fourth-order valence-electron chi connectivity index (χ4n) is 1.58. The molecule has 6 heteroatoms. The lowest BCUT2D eigenvalue weighted by atomic mass is 10.3. The van der Waals surface area contributed by atoms with Crippen LogP contribution < -0.4 is 9.47 Å². The molecule has 1 rings (SSSR count). The van der Waals surface area contributed by atoms with Crippen molar-refractivity contribution in [1.82, 2.24) is 0 Å². The summed E-state index contributed by atoms with van der Waals surface area (Å²) in [7, 11) is -3.46. The van der Waals surface area contributed by atoms with E-state index < -0.39 is 16.2 Å². The van der Waals surface area contributed by atoms with E-state index in [1.54, 1.807) is 12.1 Å². The van der Waals surface area contributed by atoms with Gasteiger partial charge in [-0.05, 0) is 44.0 Å². The van der Waals surface area contributed by atoms with E-state index in [-0.39, 0.29) is 12.7 Å². The zero-order valence-corrected chi connectivity index (χ0v) is 13.9. The van der Waals surface area contributed by atoms with E-state index in [0.717, 1.165) is 18.4 Å². The standard InChI is InChI=1S/C15H24O5S/c1-5-12(3)19-15-9-7-14(8-10-15)18-11-13(6-2)20-21(4,16)17/h7-10,12-13H,5-6,11H2,1-4H3. The van der Waals surface area contributed by atoms with Crippen LogP contribution >= 0.6 is 0 Å². The lowest BCUT2D eigenvalue weighted by Crippen LogP contribution is -2.23. The van der Waals surface area contributed by atoms with Crippen molar-refractivity contribution in [3.05, 3.63) is 24.3 Å². The smallest absolute Gasteiger partial charge is 0.264 e. The minimum Gasteiger partial charge on any atom is -0.491 e. The Morgan fingerprint density at radius 2 is 1.62 bits per heavy atom. The molecule has 0 aliphatic carbocycles. The summed E-state index contributed by atoms with van der Waals surface area (Å²) in [6.07, 6.45) is 2.23. The van der Waals surface area contributed by atoms with Crippen LogP contribution in [0.3, 0.4) is 0 Å². The van der Waals surface area contributed by atoms with Crippen LogP contribution in [-0.4, -0.2) is 33.5 Å². The lowest BCUT2D eigenvalue weighted by Gasteiger charge is -2.16. The molecule has 0 spiro atoms. The van der Waals surface area contributed by atoms with Gasteiger partial charge in [0.15, 0.2) is 0 Å². The fourth-order valence-corrected chi connectivity index (χ4v) is 2.27. The highest BCUT2D eigenvalue weighted by Crippen LogP contribution is 2.19. The summed E-state index contributed by atoms with van der Waals surface area (Å²) in [5.41, 5.74) is 0. The molecule has 0 fully saturated rings. The largest absolute Gasteiger partial charge is 0.491 e. The van der Waals surface area contributed by atoms with Crippen molar-refractivity contribution < 1.29 is 22.1 Å². The molecule has 0 heterocycles. The summed E-state index contributed by atoms with van der Waals surface area (Å²) in [6.45, 7) is 6.12. The first-order valence-corrected chi connectivity index (χ1v) is 8.93. The van der Waals surface area contributed by atoms with Gasteiger partial charge in [0.2, 0.25) is 0 Å². The van der Waals surface area contributed by atoms with Gasteiger partial charge in [-0.25, -0.2) is 0 Å². The van der Waals surface area contributed by atoms with Crippen molar-refractivity contribution in [3.8, 4) is 11.5 Å². The van der Waals surface area contributed by atoms with Crippen molar-refractivity contribution in [3.63, 3.8) is 0 Å². The topological polar surface area (TPSA) is 61.8 Å². The molecule has 120 valence electrons. The highest BCUT2D eigenvalue weighted by Gasteiger charge is 2.14. The van der Waals surface area contributed by atoms with E-state index in [1.807, 2.05) is 26.0 Å². The molecule has 0 aliphatic rings. The molecule has 0 aliphatic heterocycles. The second-order valence-electron chi connectivity index (χ2n) is 4.95. The van der Waals surface area contributed by atoms with Gasteiger partial charge in [0.05, 0.1) is 12.4 Å². The molecule has 0 saturated heterocycles. The maximum atomic E-state index is 11.1. The summed E-state index contributed by atoms with van der Waals surface area (Å²) >= 11 is 0. The summed E-state index contributed by atoms with van der Waals surface area (Å²) in [6, 6.07) is 7.26. The third-order valence-electron chi connectivity index (χ3n) is 2.94. The molecule has 0 saturated carbocycles. The summed E-state index contributed by atoms with van der Waals surface area (Å²) in [5.74, 6) is 1.44. The number of hydrogen-bond donors (Lipinski definition) is 0. The highest BCUT2D eigenvalue weighted by molar-refractivity contribution is 7.86. The van der Waals surface area contributed by atoms with Crippen molar-refractivity contribution in [2.24, 2.45) is 0 Å². The average molecular weight is 316 g/mol. The molecule has 2 atom stereocenters. The van der Waals surface area contributed by atoms with E-state index in [2.05, 4.69) is 6.92 Å². The number of hydrogen-bond acceptors (Lipinski definition) is 5. The maximum Gasteiger partial charge on any atom is 0.264 e. The van der Waals surface area contributed by atoms with Gasteiger partial charge in [-0.15, -0.1) is 0 Å². The third kappa shape index (κ3) is 7.34. The van der Waals surface area contributed by atoms with Gasteiger partial charge < -0.3 is 9.47 Å². The predicted octanol–water partition coefficient (Wildman–Crippen LogP) is 3.00. The van der Waals surface area contributed by atoms with Crippen molar-refractivity contribution in [2.75, 3.05) is 12.9 Å². The summed E-state index contributed by atoms with van der Waals surface area (Å²) in [5, 5.41) is 0. The quantitative estimate of drug-likeness (QED) is 0.655. The molecule has 0 bridgehead atoms. The second-order valence-corrected chi connectivity index (χ2v) is 6.55. The average Bonchev–Trinajstić information content (AvgIpc) is 2.43. The number of rotatable bonds is 9. The van der Waals surface area contributed by atoms with Crippen LogP contribution in [0.2, 0.25) is 0 Å². The van der Waals surface area contributed by atoms with Crippen LogP contribution in [0.4, 0.5) is 0 Å². The molecule has 21 heavy (non-hydrogen) atoms. The number of ether oxygens (including phenoxy) is 2. The van der Waals surface area contributed by atoms with Crippen LogP contribution in [0.1, 0.15) is 33.6 Å². The van der Waals surface area contributed by atoms with E-state index in [1.165, 1.54) is 0 Å². The normalized spacial score (nSPS) is 14.5. The summed E-state index contributed by atoms with van der Waals surface area (Å²) in [4.78, 5) is 0. The zero-order chi connectivity index (χ0) is 15.9. The molecule has 1 aromatic rings. The van der Waals surface area contributed by atoms with Crippen molar-refractivity contribution >= 4 is 10.1 Å². The molecule has 0 radical (unpaired) electrons. The monoisotopic (exact) mass is 316 g/mol. The van der Waals surface area contributed by atoms with Gasteiger partial charge in [0.25, 0.3) is 10.1 Å². The molecule has 1 aromatic carbocycles. The lowest BCUT2D eigenvalue weighted by molar-refractivity contribution is 0.132. The van der Waals surface area contributed by atoms with Gasteiger partial charge in [-0.2, -0.15) is 8.42 Å². The Bertz CT molecular complexity index is 509. The molecule has 0 aromatic heterocycles. The first kappa shape index (κ1) is 17.8. The Labute approximate surface area is 127 Å². The molecular formula is C15H24O5S. The zero-order valence-electron chi connectivity index (χ0n) is 13.0. The first-order valence-electron chi connectivity index (χ1n) is 7.11. The van der Waals surface area contributed by atoms with Gasteiger partial charge in [0.1, 0.15) is 24.2 Å². The minimum absolute atomic E-state index is 0.171. The second kappa shape index (κ2) is 8.24. The maximum absolute atomic E-state index is 11.1. The Hall–Kier alpha value is -1.27. The van der Waals surface area contributed by atoms with Gasteiger partial charge in [0, 0.05) is 0 Å². The molecule has 2 unspecified atom stereocenters. The van der Waals surface area contributed by atoms with Gasteiger partial charge in [-0.1, -0.05) is 13.8 Å². The predicted molar refractivity (Wildman–Crippen MR) is 82.3 cm³/mol. The van der Waals surface area contributed by atoms with E-state index in [4.69, 9.17) is 13.7 Å². The van der Waals surface area contributed by atoms with Crippen LogP contribution in [0.25, 0.3) is 0 Å². The Morgan fingerprint density at radius 1 is 1.05 bits per heavy atom. The highest BCUT2D eigenvalue weighted by atomic mass is 32.2. The summed E-state index contributed by atoms with van der Waals surface area (Å²) < 4.78 is 38.3. The van der Waals surface area contributed by atoms with E-state index in [9.17, 15) is 8.42 Å². The molecule has 5 nitrogen and oxygen atoms in total. The van der Waals surface area contributed by atoms with E-state index >= 15 is 0 Å². The van der Waals surface area contributed by atoms with E-state index in [0.29, 0.717) is 12.2 Å². The molecule has 0 amide bonds. The van der Waals surface area contributed by atoms with Crippen LogP contribution in [0.15, 0.2) is 24.3 Å². The molecule has 0 N–H and O–H groups in total. The van der Waals surface area contributed by atoms with Crippen LogP contribution in [0.5, 0.6) is 11.5 Å². The number of benzene rings is 1. The Balaban J connectivity index is 2.51. The first-order chi connectivity index (χ1) is 9.84. The fraction of sp³-hybridized carbons (Fsp3) is 0.600. The van der Waals surface area contributed by atoms with Gasteiger partial charge >= 0.3 is 0 Å². The van der Waals surface area contributed by atoms with Crippen molar-refractivity contribution in [1.29, 1.82) is 0 Å². The SMILES string of the molecule is CCC(C)Oc1ccc(OCC(CC)OS(C)(=O)=O)cc1. The minimum atomic E-state index is -3.46. The Morgan fingerprint density at radius 3 is 2.10 bits per heavy atom.